The van der Waals surface area contributed by atoms with Gasteiger partial charge in [0.1, 0.15) is 5.75 Å². The number of benzene rings is 1. The lowest BCUT2D eigenvalue weighted by Crippen LogP contribution is -2.13. The molecule has 0 radical (unpaired) electrons. The number of hydrogen-bond acceptors (Lipinski definition) is 3. The van der Waals surface area contributed by atoms with E-state index in [1.807, 2.05) is 14.1 Å². The first kappa shape index (κ1) is 30.0. The molecule has 0 aliphatic rings. The Kier molecular flexibility index (Phi) is 19.5. The SMILES string of the molecule is CCCCCCCCCCCCCCCCCCOc1c(CNC)cc(CC)cc1CNC. The number of hydrogen-bond donors (Lipinski definition) is 2. The van der Waals surface area contributed by atoms with E-state index in [9.17, 15) is 0 Å². The summed E-state index contributed by atoms with van der Waals surface area (Å²) in [6.45, 7) is 7.07. The number of ether oxygens (including phenoxy) is 1. The van der Waals surface area contributed by atoms with Gasteiger partial charge in [-0.3, -0.25) is 0 Å². The van der Waals surface area contributed by atoms with Gasteiger partial charge in [-0.1, -0.05) is 122 Å². The van der Waals surface area contributed by atoms with Crippen molar-refractivity contribution in [1.29, 1.82) is 0 Å². The smallest absolute Gasteiger partial charge is 0.128 e. The standard InChI is InChI=1S/C30H56N2O/c1-5-7-8-9-10-11-12-13-14-15-16-17-18-19-20-21-22-33-30-28(25-31-3)23-27(6-2)24-29(30)26-32-4/h23-24,31-32H,5-22,25-26H2,1-4H3. The lowest BCUT2D eigenvalue weighted by atomic mass is 10.0. The Morgan fingerprint density at radius 1 is 0.576 bits per heavy atom. The second-order valence-corrected chi connectivity index (χ2v) is 9.81. The van der Waals surface area contributed by atoms with Crippen molar-refractivity contribution in [2.24, 2.45) is 0 Å². The predicted molar refractivity (Wildman–Crippen MR) is 146 cm³/mol. The van der Waals surface area contributed by atoms with Gasteiger partial charge in [0.15, 0.2) is 0 Å². The van der Waals surface area contributed by atoms with Crippen LogP contribution in [0.25, 0.3) is 0 Å². The Labute approximate surface area is 206 Å². The van der Waals surface area contributed by atoms with E-state index in [-0.39, 0.29) is 0 Å². The molecule has 0 saturated carbocycles. The van der Waals surface area contributed by atoms with Gasteiger partial charge in [0.2, 0.25) is 0 Å². The molecule has 0 atom stereocenters. The van der Waals surface area contributed by atoms with Crippen molar-refractivity contribution < 1.29 is 4.74 Å². The van der Waals surface area contributed by atoms with Crippen LogP contribution in [0.15, 0.2) is 12.1 Å². The molecular formula is C30H56N2O. The Balaban J connectivity index is 2.08. The zero-order valence-corrected chi connectivity index (χ0v) is 22.7. The van der Waals surface area contributed by atoms with E-state index >= 15 is 0 Å². The van der Waals surface area contributed by atoms with Crippen molar-refractivity contribution in [3.8, 4) is 5.75 Å². The summed E-state index contributed by atoms with van der Waals surface area (Å²) in [4.78, 5) is 0. The minimum absolute atomic E-state index is 0.831. The van der Waals surface area contributed by atoms with Gasteiger partial charge in [0, 0.05) is 24.2 Å². The van der Waals surface area contributed by atoms with Crippen molar-refractivity contribution in [3.63, 3.8) is 0 Å². The molecule has 0 spiro atoms. The van der Waals surface area contributed by atoms with Gasteiger partial charge in [-0.15, -0.1) is 0 Å². The molecule has 192 valence electrons. The zero-order chi connectivity index (χ0) is 24.0. The van der Waals surface area contributed by atoms with Crippen LogP contribution in [0.3, 0.4) is 0 Å². The Bertz CT molecular complexity index is 545. The van der Waals surface area contributed by atoms with Crippen molar-refractivity contribution in [1.82, 2.24) is 10.6 Å². The van der Waals surface area contributed by atoms with Gasteiger partial charge in [-0.25, -0.2) is 0 Å². The number of nitrogens with one attached hydrogen (secondary N) is 2. The molecule has 0 amide bonds. The van der Waals surface area contributed by atoms with Crippen LogP contribution >= 0.6 is 0 Å². The fourth-order valence-electron chi connectivity index (χ4n) is 4.68. The van der Waals surface area contributed by atoms with Gasteiger partial charge < -0.3 is 15.4 Å². The highest BCUT2D eigenvalue weighted by molar-refractivity contribution is 5.45. The van der Waals surface area contributed by atoms with E-state index in [0.717, 1.165) is 38.3 Å². The summed E-state index contributed by atoms with van der Waals surface area (Å²) in [5, 5.41) is 6.61. The summed E-state index contributed by atoms with van der Waals surface area (Å²) in [6.07, 6.45) is 23.5. The molecule has 0 heterocycles. The van der Waals surface area contributed by atoms with Crippen LogP contribution in [0.1, 0.15) is 133 Å². The monoisotopic (exact) mass is 460 g/mol. The zero-order valence-electron chi connectivity index (χ0n) is 22.7. The van der Waals surface area contributed by atoms with Crippen LogP contribution < -0.4 is 15.4 Å². The van der Waals surface area contributed by atoms with E-state index in [2.05, 4.69) is 36.6 Å². The lowest BCUT2D eigenvalue weighted by Gasteiger charge is -2.18. The molecule has 3 heteroatoms. The molecule has 0 aliphatic carbocycles. The molecule has 0 saturated heterocycles. The highest BCUT2D eigenvalue weighted by Gasteiger charge is 2.11. The predicted octanol–water partition coefficient (Wildman–Crippen LogP) is 8.33. The quantitative estimate of drug-likeness (QED) is 0.161. The highest BCUT2D eigenvalue weighted by Crippen LogP contribution is 2.27. The molecule has 0 aliphatic heterocycles. The van der Waals surface area contributed by atoms with Crippen molar-refractivity contribution in [3.05, 3.63) is 28.8 Å². The fourth-order valence-corrected chi connectivity index (χ4v) is 4.68. The van der Waals surface area contributed by atoms with Crippen molar-refractivity contribution in [2.45, 2.75) is 136 Å². The molecule has 3 nitrogen and oxygen atoms in total. The maximum atomic E-state index is 6.31. The molecule has 2 N–H and O–H groups in total. The van der Waals surface area contributed by atoms with E-state index in [4.69, 9.17) is 4.74 Å². The summed E-state index contributed by atoms with van der Waals surface area (Å²) in [6, 6.07) is 4.61. The summed E-state index contributed by atoms with van der Waals surface area (Å²) < 4.78 is 6.31. The average molecular weight is 461 g/mol. The van der Waals surface area contributed by atoms with Gasteiger partial charge in [0.25, 0.3) is 0 Å². The first-order valence-corrected chi connectivity index (χ1v) is 14.3. The van der Waals surface area contributed by atoms with Gasteiger partial charge in [0.05, 0.1) is 6.61 Å². The first-order chi connectivity index (χ1) is 16.3. The first-order valence-electron chi connectivity index (χ1n) is 14.3. The topological polar surface area (TPSA) is 33.3 Å². The second kappa shape index (κ2) is 21.5. The van der Waals surface area contributed by atoms with Gasteiger partial charge in [-0.05, 0) is 32.5 Å². The third-order valence-electron chi connectivity index (χ3n) is 6.69. The number of aryl methyl sites for hydroxylation is 1. The number of rotatable bonds is 23. The molecule has 1 aromatic rings. The van der Waals surface area contributed by atoms with Gasteiger partial charge in [-0.2, -0.15) is 0 Å². The second-order valence-electron chi connectivity index (χ2n) is 9.81. The van der Waals surface area contributed by atoms with Crippen LogP contribution in [-0.4, -0.2) is 20.7 Å². The summed E-state index contributed by atoms with van der Waals surface area (Å²) in [5.74, 6) is 1.09. The summed E-state index contributed by atoms with van der Waals surface area (Å²) in [5.41, 5.74) is 3.97. The minimum atomic E-state index is 0.831. The largest absolute Gasteiger partial charge is 0.493 e. The number of unbranched alkanes of at least 4 members (excludes halogenated alkanes) is 15. The van der Waals surface area contributed by atoms with E-state index < -0.39 is 0 Å². The Hall–Kier alpha value is -1.06. The molecule has 0 aromatic heterocycles. The highest BCUT2D eigenvalue weighted by atomic mass is 16.5. The molecule has 0 fully saturated rings. The third kappa shape index (κ3) is 14.7. The van der Waals surface area contributed by atoms with E-state index in [1.54, 1.807) is 0 Å². The molecule has 1 aromatic carbocycles. The van der Waals surface area contributed by atoms with Crippen LogP contribution in [0.4, 0.5) is 0 Å². The summed E-state index contributed by atoms with van der Waals surface area (Å²) in [7, 11) is 4.02. The molecule has 0 unspecified atom stereocenters. The van der Waals surface area contributed by atoms with E-state index in [0.29, 0.717) is 0 Å². The van der Waals surface area contributed by atoms with Gasteiger partial charge >= 0.3 is 0 Å². The van der Waals surface area contributed by atoms with Crippen LogP contribution in [-0.2, 0) is 19.5 Å². The third-order valence-corrected chi connectivity index (χ3v) is 6.69. The molecule has 33 heavy (non-hydrogen) atoms. The minimum Gasteiger partial charge on any atom is -0.493 e. The van der Waals surface area contributed by atoms with Crippen LogP contribution in [0, 0.1) is 0 Å². The molecular weight excluding hydrogens is 404 g/mol. The van der Waals surface area contributed by atoms with Crippen molar-refractivity contribution in [2.75, 3.05) is 20.7 Å². The lowest BCUT2D eigenvalue weighted by molar-refractivity contribution is 0.297. The Morgan fingerprint density at radius 3 is 1.33 bits per heavy atom. The normalized spacial score (nSPS) is 11.3. The van der Waals surface area contributed by atoms with Crippen molar-refractivity contribution >= 4 is 0 Å². The molecule has 1 rings (SSSR count). The van der Waals surface area contributed by atoms with Crippen LogP contribution in [0.2, 0.25) is 0 Å². The average Bonchev–Trinajstić information content (AvgIpc) is 2.82. The molecule has 0 bridgehead atoms. The fraction of sp³-hybridized carbons (Fsp3) is 0.800. The summed E-state index contributed by atoms with van der Waals surface area (Å²) >= 11 is 0. The van der Waals surface area contributed by atoms with Crippen LogP contribution in [0.5, 0.6) is 5.75 Å². The van der Waals surface area contributed by atoms with E-state index in [1.165, 1.54) is 113 Å². The maximum absolute atomic E-state index is 6.31. The Morgan fingerprint density at radius 2 is 0.970 bits per heavy atom. The maximum Gasteiger partial charge on any atom is 0.128 e.